The zero-order valence-electron chi connectivity index (χ0n) is 17.6. The number of carbonyl (C=O) groups is 1. The van der Waals surface area contributed by atoms with E-state index < -0.39 is 34.8 Å². The molecule has 1 N–H and O–H groups in total. The zero-order valence-corrected chi connectivity index (χ0v) is 19.9. The highest BCUT2D eigenvalue weighted by atomic mass is 35.5. The number of sulfonamides is 1. The summed E-state index contributed by atoms with van der Waals surface area (Å²) in [6.07, 6.45) is 0. The Labute approximate surface area is 201 Å². The van der Waals surface area contributed by atoms with E-state index in [-0.39, 0.29) is 22.0 Å². The van der Waals surface area contributed by atoms with Crippen molar-refractivity contribution in [1.29, 1.82) is 0 Å². The predicted octanol–water partition coefficient (Wildman–Crippen LogP) is 4.65. The Kier molecular flexibility index (Phi) is 8.31. The topological polar surface area (TPSA) is 75.7 Å². The van der Waals surface area contributed by atoms with E-state index in [9.17, 15) is 17.6 Å². The Morgan fingerprint density at radius 2 is 1.70 bits per heavy atom. The molecule has 0 spiro atoms. The molecule has 10 heteroatoms. The van der Waals surface area contributed by atoms with Crippen molar-refractivity contribution < 1.29 is 22.3 Å². The van der Waals surface area contributed by atoms with Gasteiger partial charge in [0.05, 0.1) is 18.6 Å². The average molecular weight is 511 g/mol. The van der Waals surface area contributed by atoms with Gasteiger partial charge in [-0.1, -0.05) is 41.4 Å². The molecular weight excluding hydrogens is 490 g/mol. The lowest BCUT2D eigenvalue weighted by Crippen LogP contribution is -2.40. The second-order valence-corrected chi connectivity index (χ2v) is 9.83. The van der Waals surface area contributed by atoms with Crippen molar-refractivity contribution in [3.05, 3.63) is 93.7 Å². The molecule has 33 heavy (non-hydrogen) atoms. The summed E-state index contributed by atoms with van der Waals surface area (Å²) in [6, 6.07) is 16.6. The van der Waals surface area contributed by atoms with Gasteiger partial charge in [0.2, 0.25) is 15.9 Å². The van der Waals surface area contributed by atoms with Gasteiger partial charge in [-0.2, -0.15) is 4.31 Å². The van der Waals surface area contributed by atoms with Crippen LogP contribution >= 0.6 is 23.2 Å². The number of nitrogens with one attached hydrogen (secondary N) is 1. The molecule has 0 bridgehead atoms. The lowest BCUT2D eigenvalue weighted by atomic mass is 10.2. The number of hydrogen-bond acceptors (Lipinski definition) is 4. The van der Waals surface area contributed by atoms with Crippen molar-refractivity contribution >= 4 is 39.1 Å². The predicted molar refractivity (Wildman–Crippen MR) is 125 cm³/mol. The summed E-state index contributed by atoms with van der Waals surface area (Å²) in [5.41, 5.74) is 0.771. The van der Waals surface area contributed by atoms with E-state index in [0.717, 1.165) is 9.87 Å². The lowest BCUT2D eigenvalue weighted by molar-refractivity contribution is -0.121. The Hall–Kier alpha value is -2.65. The van der Waals surface area contributed by atoms with Gasteiger partial charge >= 0.3 is 0 Å². The Morgan fingerprint density at radius 1 is 1.03 bits per heavy atom. The minimum atomic E-state index is -4.16. The molecule has 0 aliphatic carbocycles. The van der Waals surface area contributed by atoms with Crippen LogP contribution in [0.3, 0.4) is 0 Å². The van der Waals surface area contributed by atoms with Crippen LogP contribution in [0.15, 0.2) is 71.6 Å². The van der Waals surface area contributed by atoms with E-state index in [0.29, 0.717) is 10.8 Å². The fourth-order valence-electron chi connectivity index (χ4n) is 3.00. The van der Waals surface area contributed by atoms with Crippen molar-refractivity contribution in [2.45, 2.75) is 18.0 Å². The Morgan fingerprint density at radius 3 is 2.30 bits per heavy atom. The molecule has 0 aromatic heterocycles. The molecule has 0 radical (unpaired) electrons. The van der Waals surface area contributed by atoms with Crippen LogP contribution in [0, 0.1) is 5.82 Å². The van der Waals surface area contributed by atoms with Gasteiger partial charge in [-0.05, 0) is 54.1 Å². The monoisotopic (exact) mass is 510 g/mol. The SMILES string of the molecule is COc1ccc(CNC(=O)CN(Cc2c(F)cccc2Cl)S(=O)(=O)c2ccc(Cl)cc2)cc1. The first kappa shape index (κ1) is 25.0. The van der Waals surface area contributed by atoms with Crippen LogP contribution in [0.4, 0.5) is 4.39 Å². The highest BCUT2D eigenvalue weighted by Gasteiger charge is 2.28. The summed E-state index contributed by atoms with van der Waals surface area (Å²) in [7, 11) is -2.61. The Bertz CT molecular complexity index is 1200. The zero-order chi connectivity index (χ0) is 24.0. The molecule has 0 unspecified atom stereocenters. The van der Waals surface area contributed by atoms with Gasteiger partial charge in [-0.3, -0.25) is 4.79 Å². The second-order valence-electron chi connectivity index (χ2n) is 7.05. The van der Waals surface area contributed by atoms with E-state index in [2.05, 4.69) is 5.32 Å². The molecule has 0 saturated heterocycles. The van der Waals surface area contributed by atoms with Crippen LogP contribution in [0.1, 0.15) is 11.1 Å². The van der Waals surface area contributed by atoms with Crippen LogP contribution in [-0.4, -0.2) is 32.3 Å². The molecule has 6 nitrogen and oxygen atoms in total. The first-order chi connectivity index (χ1) is 15.7. The summed E-state index contributed by atoms with van der Waals surface area (Å²) in [5, 5.41) is 3.10. The first-order valence-electron chi connectivity index (χ1n) is 9.79. The van der Waals surface area contributed by atoms with Gasteiger partial charge in [-0.25, -0.2) is 12.8 Å². The number of carbonyl (C=O) groups excluding carboxylic acids is 1. The minimum Gasteiger partial charge on any atom is -0.497 e. The number of ether oxygens (including phenoxy) is 1. The summed E-state index contributed by atoms with van der Waals surface area (Å²) in [5.74, 6) is -0.555. The molecule has 3 aromatic rings. The van der Waals surface area contributed by atoms with E-state index in [1.54, 1.807) is 31.4 Å². The third kappa shape index (κ3) is 6.45. The van der Waals surface area contributed by atoms with Gasteiger partial charge in [0.15, 0.2) is 0 Å². The van der Waals surface area contributed by atoms with Gasteiger partial charge < -0.3 is 10.1 Å². The second kappa shape index (κ2) is 11.0. The number of nitrogens with zero attached hydrogens (tertiary/aromatic N) is 1. The number of rotatable bonds is 9. The number of hydrogen-bond donors (Lipinski definition) is 1. The van der Waals surface area contributed by atoms with Gasteiger partial charge in [0.1, 0.15) is 11.6 Å². The molecule has 0 fully saturated rings. The quantitative estimate of drug-likeness (QED) is 0.454. The van der Waals surface area contributed by atoms with Crippen LogP contribution in [0.5, 0.6) is 5.75 Å². The molecule has 0 atom stereocenters. The van der Waals surface area contributed by atoms with Crippen molar-refractivity contribution in [3.8, 4) is 5.75 Å². The number of methoxy groups -OCH3 is 1. The van der Waals surface area contributed by atoms with Crippen LogP contribution < -0.4 is 10.1 Å². The number of benzene rings is 3. The first-order valence-corrected chi connectivity index (χ1v) is 12.0. The molecule has 1 amide bonds. The summed E-state index contributed by atoms with van der Waals surface area (Å²) >= 11 is 12.0. The van der Waals surface area contributed by atoms with Crippen LogP contribution in [-0.2, 0) is 27.9 Å². The fraction of sp³-hybridized carbons (Fsp3) is 0.174. The molecule has 0 heterocycles. The average Bonchev–Trinajstić information content (AvgIpc) is 2.80. The maximum atomic E-state index is 14.4. The van der Waals surface area contributed by atoms with Crippen molar-refractivity contribution in [2.75, 3.05) is 13.7 Å². The summed E-state index contributed by atoms with van der Waals surface area (Å²) < 4.78 is 46.9. The van der Waals surface area contributed by atoms with Gasteiger partial charge in [0.25, 0.3) is 0 Å². The molecule has 3 rings (SSSR count). The van der Waals surface area contributed by atoms with Crippen LogP contribution in [0.25, 0.3) is 0 Å². The molecular formula is C23H21Cl2FN2O4S. The maximum Gasteiger partial charge on any atom is 0.243 e. The van der Waals surface area contributed by atoms with Crippen molar-refractivity contribution in [2.24, 2.45) is 0 Å². The fourth-order valence-corrected chi connectivity index (χ4v) is 4.71. The third-order valence-corrected chi connectivity index (χ3v) is 7.23. The molecule has 174 valence electrons. The smallest absolute Gasteiger partial charge is 0.243 e. The lowest BCUT2D eigenvalue weighted by Gasteiger charge is -2.23. The van der Waals surface area contributed by atoms with Gasteiger partial charge in [0, 0.05) is 28.7 Å². The van der Waals surface area contributed by atoms with E-state index >= 15 is 0 Å². The summed E-state index contributed by atoms with van der Waals surface area (Å²) in [6.45, 7) is -0.781. The summed E-state index contributed by atoms with van der Waals surface area (Å²) in [4.78, 5) is 12.6. The number of amides is 1. The van der Waals surface area contributed by atoms with E-state index in [1.165, 1.54) is 42.5 Å². The maximum absolute atomic E-state index is 14.4. The van der Waals surface area contributed by atoms with E-state index in [1.807, 2.05) is 0 Å². The number of halogens is 3. The Balaban J connectivity index is 1.82. The highest BCUT2D eigenvalue weighted by Crippen LogP contribution is 2.25. The highest BCUT2D eigenvalue weighted by molar-refractivity contribution is 7.89. The molecule has 3 aromatic carbocycles. The standard InChI is InChI=1S/C23H21Cl2FN2O4S/c1-32-18-9-5-16(6-10-18)13-27-23(29)15-28(14-20-21(25)3-2-4-22(20)26)33(30,31)19-11-7-17(24)8-12-19/h2-12H,13-15H2,1H3,(H,27,29). The largest absolute Gasteiger partial charge is 0.497 e. The minimum absolute atomic E-state index is 0.0281. The molecule has 0 saturated carbocycles. The van der Waals surface area contributed by atoms with Crippen molar-refractivity contribution in [3.63, 3.8) is 0 Å². The molecule has 0 aliphatic rings. The van der Waals surface area contributed by atoms with Crippen molar-refractivity contribution in [1.82, 2.24) is 9.62 Å². The van der Waals surface area contributed by atoms with Gasteiger partial charge in [-0.15, -0.1) is 0 Å². The van der Waals surface area contributed by atoms with E-state index in [4.69, 9.17) is 27.9 Å². The van der Waals surface area contributed by atoms with Crippen LogP contribution in [0.2, 0.25) is 10.0 Å². The molecule has 0 aliphatic heterocycles. The third-order valence-electron chi connectivity index (χ3n) is 4.82. The normalized spacial score (nSPS) is 11.4.